The molecule has 0 amide bonds. The highest BCUT2D eigenvalue weighted by Crippen LogP contribution is 2.30. The molecule has 1 saturated heterocycles. The van der Waals surface area contributed by atoms with Crippen LogP contribution in [0, 0.1) is 5.92 Å². The smallest absolute Gasteiger partial charge is 0.308 e. The lowest BCUT2D eigenvalue weighted by Crippen LogP contribution is -2.40. The highest BCUT2D eigenvalue weighted by molar-refractivity contribution is 7.89. The van der Waals surface area contributed by atoms with Crippen molar-refractivity contribution < 1.29 is 17.9 Å². The summed E-state index contributed by atoms with van der Waals surface area (Å²) in [6, 6.07) is 4.33. The molecule has 0 spiro atoms. The summed E-state index contributed by atoms with van der Waals surface area (Å²) < 4.78 is 31.2. The van der Waals surface area contributed by atoms with Crippen LogP contribution in [-0.4, -0.2) is 38.9 Å². The molecular formula is C13H15Cl2NO4S. The molecule has 0 unspecified atom stereocenters. The van der Waals surface area contributed by atoms with Crippen molar-refractivity contribution in [2.75, 3.05) is 20.2 Å². The van der Waals surface area contributed by atoms with Gasteiger partial charge in [0.25, 0.3) is 0 Å². The van der Waals surface area contributed by atoms with Crippen molar-refractivity contribution in [3.8, 4) is 0 Å². The molecule has 0 bridgehead atoms. The van der Waals surface area contributed by atoms with Gasteiger partial charge in [-0.05, 0) is 31.0 Å². The van der Waals surface area contributed by atoms with Crippen molar-refractivity contribution in [1.29, 1.82) is 0 Å². The minimum Gasteiger partial charge on any atom is -0.469 e. The first-order valence-corrected chi connectivity index (χ1v) is 8.59. The van der Waals surface area contributed by atoms with Crippen LogP contribution in [-0.2, 0) is 19.6 Å². The van der Waals surface area contributed by atoms with Crippen LogP contribution < -0.4 is 0 Å². The maximum absolute atomic E-state index is 12.6. The largest absolute Gasteiger partial charge is 0.469 e. The topological polar surface area (TPSA) is 63.7 Å². The number of rotatable bonds is 3. The van der Waals surface area contributed by atoms with Gasteiger partial charge in [0.1, 0.15) is 4.90 Å². The fraction of sp³-hybridized carbons (Fsp3) is 0.462. The zero-order valence-electron chi connectivity index (χ0n) is 11.4. The van der Waals surface area contributed by atoms with E-state index in [9.17, 15) is 13.2 Å². The second kappa shape index (κ2) is 6.52. The lowest BCUT2D eigenvalue weighted by molar-refractivity contribution is -0.146. The van der Waals surface area contributed by atoms with Gasteiger partial charge in [0.15, 0.2) is 0 Å². The number of esters is 1. The van der Waals surface area contributed by atoms with Crippen molar-refractivity contribution in [1.82, 2.24) is 4.31 Å². The Morgan fingerprint density at radius 2 is 1.90 bits per heavy atom. The van der Waals surface area contributed by atoms with E-state index in [1.165, 1.54) is 29.6 Å². The molecule has 1 aliphatic rings. The highest BCUT2D eigenvalue weighted by Gasteiger charge is 2.33. The van der Waals surface area contributed by atoms with E-state index in [1.54, 1.807) is 0 Å². The number of ether oxygens (including phenoxy) is 1. The Hall–Kier alpha value is -0.820. The Labute approximate surface area is 133 Å². The van der Waals surface area contributed by atoms with Crippen molar-refractivity contribution in [3.05, 3.63) is 28.2 Å². The van der Waals surface area contributed by atoms with Gasteiger partial charge in [-0.3, -0.25) is 4.79 Å². The summed E-state index contributed by atoms with van der Waals surface area (Å²) >= 11 is 11.8. The molecule has 0 saturated carbocycles. The van der Waals surface area contributed by atoms with Gasteiger partial charge < -0.3 is 4.74 Å². The van der Waals surface area contributed by atoms with Gasteiger partial charge in [0.05, 0.1) is 18.1 Å². The quantitative estimate of drug-likeness (QED) is 0.785. The third-order valence-electron chi connectivity index (χ3n) is 3.50. The number of carbonyl (C=O) groups is 1. The monoisotopic (exact) mass is 351 g/mol. The average Bonchev–Trinajstić information content (AvgIpc) is 2.49. The van der Waals surface area contributed by atoms with Crippen LogP contribution in [0.25, 0.3) is 0 Å². The number of methoxy groups -OCH3 is 1. The molecule has 0 atom stereocenters. The van der Waals surface area contributed by atoms with Gasteiger partial charge >= 0.3 is 5.97 Å². The van der Waals surface area contributed by atoms with Gasteiger partial charge in [-0.1, -0.05) is 23.2 Å². The molecule has 1 fully saturated rings. The van der Waals surface area contributed by atoms with Gasteiger partial charge in [0, 0.05) is 18.1 Å². The normalized spacial score (nSPS) is 17.7. The summed E-state index contributed by atoms with van der Waals surface area (Å²) in [6.07, 6.45) is 0.869. The molecule has 5 nitrogen and oxygen atoms in total. The zero-order chi connectivity index (χ0) is 15.6. The summed E-state index contributed by atoms with van der Waals surface area (Å²) in [7, 11) is -2.38. The number of nitrogens with zero attached hydrogens (tertiary/aromatic N) is 1. The van der Waals surface area contributed by atoms with Crippen LogP contribution >= 0.6 is 23.2 Å². The molecule has 0 N–H and O–H groups in total. The van der Waals surface area contributed by atoms with E-state index in [4.69, 9.17) is 23.2 Å². The van der Waals surface area contributed by atoms with Crippen LogP contribution in [0.4, 0.5) is 0 Å². The predicted molar refractivity (Wildman–Crippen MR) is 80.0 cm³/mol. The first-order chi connectivity index (χ1) is 9.86. The van der Waals surface area contributed by atoms with Crippen molar-refractivity contribution >= 4 is 39.2 Å². The summed E-state index contributed by atoms with van der Waals surface area (Å²) in [5, 5.41) is 0.442. The van der Waals surface area contributed by atoms with Crippen molar-refractivity contribution in [3.63, 3.8) is 0 Å². The Morgan fingerprint density at radius 1 is 1.29 bits per heavy atom. The molecule has 116 valence electrons. The molecule has 1 heterocycles. The van der Waals surface area contributed by atoms with Crippen molar-refractivity contribution in [2.45, 2.75) is 17.7 Å². The number of sulfonamides is 1. The molecule has 0 aromatic heterocycles. The summed E-state index contributed by atoms with van der Waals surface area (Å²) in [5.74, 6) is -0.552. The Morgan fingerprint density at radius 3 is 2.48 bits per heavy atom. The SMILES string of the molecule is COC(=O)C1CCN(S(=O)(=O)c2cc(Cl)ccc2Cl)CC1. The van der Waals surface area contributed by atoms with Crippen LogP contribution in [0.1, 0.15) is 12.8 Å². The minimum absolute atomic E-state index is 0.00631. The minimum atomic E-state index is -3.71. The van der Waals surface area contributed by atoms with Gasteiger partial charge in [0.2, 0.25) is 10.0 Å². The van der Waals surface area contributed by atoms with Crippen LogP contribution in [0.5, 0.6) is 0 Å². The van der Waals surface area contributed by atoms with E-state index >= 15 is 0 Å². The van der Waals surface area contributed by atoms with Gasteiger partial charge in [-0.15, -0.1) is 0 Å². The summed E-state index contributed by atoms with van der Waals surface area (Å²) in [6.45, 7) is 0.510. The number of halogens is 2. The summed E-state index contributed by atoms with van der Waals surface area (Å²) in [5.41, 5.74) is 0. The molecule has 1 aromatic carbocycles. The number of piperidine rings is 1. The lowest BCUT2D eigenvalue weighted by Gasteiger charge is -2.30. The molecule has 2 rings (SSSR count). The second-order valence-electron chi connectivity index (χ2n) is 4.78. The molecule has 8 heteroatoms. The number of hydrogen-bond donors (Lipinski definition) is 0. The Kier molecular flexibility index (Phi) is 5.14. The van der Waals surface area contributed by atoms with Gasteiger partial charge in [-0.25, -0.2) is 8.42 Å². The highest BCUT2D eigenvalue weighted by atomic mass is 35.5. The van der Waals surface area contributed by atoms with E-state index in [-0.39, 0.29) is 34.9 Å². The zero-order valence-corrected chi connectivity index (χ0v) is 13.7. The molecular weight excluding hydrogens is 337 g/mol. The maximum atomic E-state index is 12.6. The third kappa shape index (κ3) is 3.51. The Balaban J connectivity index is 2.19. The molecule has 21 heavy (non-hydrogen) atoms. The van der Waals surface area contributed by atoms with Crippen molar-refractivity contribution in [2.24, 2.45) is 5.92 Å². The van der Waals surface area contributed by atoms with Crippen LogP contribution in [0.3, 0.4) is 0 Å². The van der Waals surface area contributed by atoms with E-state index in [0.29, 0.717) is 17.9 Å². The molecule has 1 aromatic rings. The summed E-state index contributed by atoms with van der Waals surface area (Å²) in [4.78, 5) is 11.5. The second-order valence-corrected chi connectivity index (χ2v) is 7.53. The molecule has 1 aliphatic heterocycles. The van der Waals surface area contributed by atoms with Crippen LogP contribution in [0.15, 0.2) is 23.1 Å². The third-order valence-corrected chi connectivity index (χ3v) is 6.11. The first-order valence-electron chi connectivity index (χ1n) is 6.39. The maximum Gasteiger partial charge on any atom is 0.308 e. The van der Waals surface area contributed by atoms with E-state index in [2.05, 4.69) is 4.74 Å². The first kappa shape index (κ1) is 16.5. The molecule has 0 aliphatic carbocycles. The van der Waals surface area contributed by atoms with Gasteiger partial charge in [-0.2, -0.15) is 4.31 Å². The van der Waals surface area contributed by atoms with Crippen LogP contribution in [0.2, 0.25) is 10.0 Å². The fourth-order valence-electron chi connectivity index (χ4n) is 2.31. The number of carbonyl (C=O) groups excluding carboxylic acids is 1. The number of benzene rings is 1. The Bertz CT molecular complexity index is 640. The van der Waals surface area contributed by atoms with E-state index in [0.717, 1.165) is 0 Å². The predicted octanol–water partition coefficient (Wildman–Crippen LogP) is 2.57. The molecule has 0 radical (unpaired) electrons. The van der Waals surface area contributed by atoms with E-state index < -0.39 is 10.0 Å². The average molecular weight is 352 g/mol. The van der Waals surface area contributed by atoms with E-state index in [1.807, 2.05) is 0 Å². The fourth-order valence-corrected chi connectivity index (χ4v) is 4.52. The standard InChI is InChI=1S/C13H15Cl2NO4S/c1-20-13(17)9-4-6-16(7-5-9)21(18,19)12-8-10(14)2-3-11(12)15/h2-3,8-9H,4-7H2,1H3. The number of hydrogen-bond acceptors (Lipinski definition) is 4. The lowest BCUT2D eigenvalue weighted by atomic mass is 9.99.